The van der Waals surface area contributed by atoms with E-state index in [0.717, 1.165) is 35.1 Å². The fourth-order valence-corrected chi connectivity index (χ4v) is 3.02. The minimum atomic E-state index is -0.0864. The third-order valence-corrected chi connectivity index (χ3v) is 4.48. The second-order valence-electron chi connectivity index (χ2n) is 6.12. The molecule has 4 heterocycles. The molecule has 0 radical (unpaired) electrons. The number of pyridine rings is 1. The van der Waals surface area contributed by atoms with Gasteiger partial charge in [0.15, 0.2) is 5.82 Å². The third-order valence-electron chi connectivity index (χ3n) is 4.48. The van der Waals surface area contributed by atoms with E-state index in [0.29, 0.717) is 19.0 Å². The Labute approximate surface area is 146 Å². The first-order chi connectivity index (χ1) is 12.2. The summed E-state index contributed by atoms with van der Waals surface area (Å²) < 4.78 is 11.4. The standard InChI is InChI=1S/C19H20N4O2/c1-13-14(2)21-18(15-6-3-4-8-20-15)22-19(13)23-9-11-25-17(12-23)16-7-5-10-24-16/h3-8,10,17H,9,11-12H2,1-2H3. The van der Waals surface area contributed by atoms with E-state index < -0.39 is 0 Å². The van der Waals surface area contributed by atoms with E-state index >= 15 is 0 Å². The fraction of sp³-hybridized carbons (Fsp3) is 0.316. The zero-order valence-electron chi connectivity index (χ0n) is 14.3. The van der Waals surface area contributed by atoms with Gasteiger partial charge in [0.2, 0.25) is 0 Å². The molecule has 1 aliphatic heterocycles. The minimum absolute atomic E-state index is 0.0864. The summed E-state index contributed by atoms with van der Waals surface area (Å²) in [5.41, 5.74) is 2.83. The van der Waals surface area contributed by atoms with Gasteiger partial charge >= 0.3 is 0 Å². The molecule has 4 rings (SSSR count). The van der Waals surface area contributed by atoms with Crippen molar-refractivity contribution in [1.82, 2.24) is 15.0 Å². The third kappa shape index (κ3) is 3.13. The van der Waals surface area contributed by atoms with Gasteiger partial charge in [-0.25, -0.2) is 9.97 Å². The Morgan fingerprint density at radius 1 is 1.12 bits per heavy atom. The van der Waals surface area contributed by atoms with Gasteiger partial charge in [0.1, 0.15) is 23.4 Å². The summed E-state index contributed by atoms with van der Waals surface area (Å²) in [4.78, 5) is 16.0. The van der Waals surface area contributed by atoms with Crippen LogP contribution in [0.3, 0.4) is 0 Å². The van der Waals surface area contributed by atoms with Crippen LogP contribution >= 0.6 is 0 Å². The van der Waals surface area contributed by atoms with E-state index in [9.17, 15) is 0 Å². The second-order valence-corrected chi connectivity index (χ2v) is 6.12. The number of aryl methyl sites for hydroxylation is 1. The molecule has 0 spiro atoms. The first-order valence-corrected chi connectivity index (χ1v) is 8.39. The summed E-state index contributed by atoms with van der Waals surface area (Å²) in [6.07, 6.45) is 3.35. The average molecular weight is 336 g/mol. The summed E-state index contributed by atoms with van der Waals surface area (Å²) in [6.45, 7) is 6.19. The normalized spacial score (nSPS) is 17.7. The van der Waals surface area contributed by atoms with Crippen molar-refractivity contribution >= 4 is 5.82 Å². The molecule has 0 N–H and O–H groups in total. The summed E-state index contributed by atoms with van der Waals surface area (Å²) in [7, 11) is 0. The molecule has 1 fully saturated rings. The van der Waals surface area contributed by atoms with Crippen LogP contribution in [0.25, 0.3) is 11.5 Å². The van der Waals surface area contributed by atoms with Crippen molar-refractivity contribution in [2.45, 2.75) is 20.0 Å². The molecule has 6 nitrogen and oxygen atoms in total. The monoisotopic (exact) mass is 336 g/mol. The Morgan fingerprint density at radius 3 is 2.80 bits per heavy atom. The van der Waals surface area contributed by atoms with Gasteiger partial charge in [-0.3, -0.25) is 4.98 Å². The molecule has 1 atom stereocenters. The highest BCUT2D eigenvalue weighted by molar-refractivity contribution is 5.57. The predicted molar refractivity (Wildman–Crippen MR) is 94.4 cm³/mol. The first-order valence-electron chi connectivity index (χ1n) is 8.39. The quantitative estimate of drug-likeness (QED) is 0.731. The van der Waals surface area contributed by atoms with Crippen LogP contribution in [0.1, 0.15) is 23.1 Å². The Bertz CT molecular complexity index is 849. The van der Waals surface area contributed by atoms with Crippen LogP contribution in [0.4, 0.5) is 5.82 Å². The number of hydrogen-bond donors (Lipinski definition) is 0. The molecule has 128 valence electrons. The smallest absolute Gasteiger partial charge is 0.180 e. The van der Waals surface area contributed by atoms with Gasteiger partial charge < -0.3 is 14.1 Å². The number of hydrogen-bond acceptors (Lipinski definition) is 6. The lowest BCUT2D eigenvalue weighted by molar-refractivity contribution is 0.0254. The van der Waals surface area contributed by atoms with Crippen molar-refractivity contribution < 1.29 is 9.15 Å². The van der Waals surface area contributed by atoms with E-state index in [1.807, 2.05) is 37.3 Å². The van der Waals surface area contributed by atoms with Crippen molar-refractivity contribution in [3.63, 3.8) is 0 Å². The maximum Gasteiger partial charge on any atom is 0.180 e. The van der Waals surface area contributed by atoms with Crippen LogP contribution in [0.15, 0.2) is 47.2 Å². The highest BCUT2D eigenvalue weighted by atomic mass is 16.5. The Balaban J connectivity index is 1.68. The Hall–Kier alpha value is -2.73. The molecule has 25 heavy (non-hydrogen) atoms. The van der Waals surface area contributed by atoms with Crippen LogP contribution in [0, 0.1) is 13.8 Å². The van der Waals surface area contributed by atoms with Crippen LogP contribution in [0.2, 0.25) is 0 Å². The summed E-state index contributed by atoms with van der Waals surface area (Å²) in [6, 6.07) is 9.60. The maximum atomic E-state index is 5.87. The zero-order chi connectivity index (χ0) is 17.2. The van der Waals surface area contributed by atoms with E-state index in [-0.39, 0.29) is 6.10 Å². The van der Waals surface area contributed by atoms with E-state index in [2.05, 4.69) is 21.8 Å². The molecule has 0 amide bonds. The molecule has 3 aromatic heterocycles. The lowest BCUT2D eigenvalue weighted by Gasteiger charge is -2.34. The Morgan fingerprint density at radius 2 is 2.04 bits per heavy atom. The lowest BCUT2D eigenvalue weighted by Crippen LogP contribution is -2.39. The van der Waals surface area contributed by atoms with E-state index in [1.165, 1.54) is 0 Å². The number of anilines is 1. The molecule has 0 saturated carbocycles. The topological polar surface area (TPSA) is 64.3 Å². The number of ether oxygens (including phenoxy) is 1. The molecule has 6 heteroatoms. The van der Waals surface area contributed by atoms with E-state index in [1.54, 1.807) is 12.5 Å². The highest BCUT2D eigenvalue weighted by Crippen LogP contribution is 2.29. The molecule has 0 aromatic carbocycles. The molecule has 0 aliphatic carbocycles. The van der Waals surface area contributed by atoms with Gasteiger partial charge in [0.05, 0.1) is 19.4 Å². The predicted octanol–water partition coefficient (Wildman–Crippen LogP) is 3.33. The van der Waals surface area contributed by atoms with Crippen molar-refractivity contribution in [2.75, 3.05) is 24.6 Å². The molecule has 3 aromatic rings. The van der Waals surface area contributed by atoms with Crippen LogP contribution < -0.4 is 4.90 Å². The van der Waals surface area contributed by atoms with E-state index in [4.69, 9.17) is 14.1 Å². The van der Waals surface area contributed by atoms with Crippen LogP contribution in [-0.4, -0.2) is 34.6 Å². The number of morpholine rings is 1. The number of aromatic nitrogens is 3. The van der Waals surface area contributed by atoms with Crippen molar-refractivity contribution in [2.24, 2.45) is 0 Å². The van der Waals surface area contributed by atoms with Gasteiger partial charge in [-0.05, 0) is 38.1 Å². The number of nitrogens with zero attached hydrogens (tertiary/aromatic N) is 4. The molecule has 1 aliphatic rings. The average Bonchev–Trinajstić information content (AvgIpc) is 3.19. The lowest BCUT2D eigenvalue weighted by atomic mass is 10.1. The maximum absolute atomic E-state index is 5.87. The summed E-state index contributed by atoms with van der Waals surface area (Å²) >= 11 is 0. The number of furan rings is 1. The largest absolute Gasteiger partial charge is 0.467 e. The number of rotatable bonds is 3. The SMILES string of the molecule is Cc1nc(-c2ccccn2)nc(N2CCOC(c3ccco3)C2)c1C. The fourth-order valence-electron chi connectivity index (χ4n) is 3.02. The molecular formula is C19H20N4O2. The van der Waals surface area contributed by atoms with Gasteiger partial charge in [0.25, 0.3) is 0 Å². The molecule has 0 bridgehead atoms. The summed E-state index contributed by atoms with van der Waals surface area (Å²) in [5, 5.41) is 0. The van der Waals surface area contributed by atoms with Gasteiger partial charge in [-0.1, -0.05) is 6.07 Å². The molecule has 1 saturated heterocycles. The molecule has 1 unspecified atom stereocenters. The first kappa shape index (κ1) is 15.8. The van der Waals surface area contributed by atoms with Gasteiger partial charge in [-0.2, -0.15) is 0 Å². The van der Waals surface area contributed by atoms with Gasteiger partial charge in [0, 0.05) is 24.0 Å². The van der Waals surface area contributed by atoms with Crippen LogP contribution in [0.5, 0.6) is 0 Å². The second kappa shape index (κ2) is 6.64. The Kier molecular flexibility index (Phi) is 4.19. The summed E-state index contributed by atoms with van der Waals surface area (Å²) in [5.74, 6) is 2.44. The van der Waals surface area contributed by atoms with Crippen LogP contribution in [-0.2, 0) is 4.74 Å². The minimum Gasteiger partial charge on any atom is -0.467 e. The van der Waals surface area contributed by atoms with Crippen molar-refractivity contribution in [3.8, 4) is 11.5 Å². The highest BCUT2D eigenvalue weighted by Gasteiger charge is 2.26. The van der Waals surface area contributed by atoms with Crippen molar-refractivity contribution in [3.05, 3.63) is 59.8 Å². The molecular weight excluding hydrogens is 316 g/mol. The van der Waals surface area contributed by atoms with Gasteiger partial charge in [-0.15, -0.1) is 0 Å². The zero-order valence-corrected chi connectivity index (χ0v) is 14.3. The van der Waals surface area contributed by atoms with Crippen molar-refractivity contribution in [1.29, 1.82) is 0 Å².